The molecule has 0 spiro atoms. The maximum Gasteiger partial charge on any atom is 0.226 e. The molecule has 0 unspecified atom stereocenters. The van der Waals surface area contributed by atoms with Gasteiger partial charge in [-0.1, -0.05) is 0 Å². The van der Waals surface area contributed by atoms with Crippen molar-refractivity contribution in [3.8, 4) is 5.88 Å². The Labute approximate surface area is 128 Å². The van der Waals surface area contributed by atoms with E-state index in [-0.39, 0.29) is 5.54 Å². The summed E-state index contributed by atoms with van der Waals surface area (Å²) >= 11 is 0. The summed E-state index contributed by atoms with van der Waals surface area (Å²) in [7, 11) is 0.954. The molecule has 0 aliphatic carbocycles. The molecule has 1 aromatic heterocycles. The lowest BCUT2D eigenvalue weighted by molar-refractivity contribution is 0.145. The minimum atomic E-state index is -0.646. The summed E-state index contributed by atoms with van der Waals surface area (Å²) in [4.78, 5) is 11.0. The van der Waals surface area contributed by atoms with Gasteiger partial charge in [0.2, 0.25) is 11.8 Å². The van der Waals surface area contributed by atoms with Gasteiger partial charge >= 0.3 is 0 Å². The number of aromatic nitrogens is 2. The minimum Gasteiger partial charge on any atom is -0.481 e. The first kappa shape index (κ1) is 16.2. The van der Waals surface area contributed by atoms with Crippen molar-refractivity contribution in [1.29, 1.82) is 0 Å². The molecule has 118 valence electrons. The summed E-state index contributed by atoms with van der Waals surface area (Å²) < 4.78 is 16.6. The molecule has 2 rings (SSSR count). The summed E-state index contributed by atoms with van der Waals surface area (Å²) in [6, 6.07) is 1.80. The Bertz CT molecular complexity index is 512. The molecule has 1 aliphatic rings. The highest BCUT2D eigenvalue weighted by atomic mass is 32.2. The Balaban J connectivity index is 1.97. The van der Waals surface area contributed by atoms with E-state index in [0.717, 1.165) is 36.8 Å². The second kappa shape index (κ2) is 6.70. The summed E-state index contributed by atoms with van der Waals surface area (Å²) in [6.07, 6.45) is 0. The molecule has 1 aromatic rings. The predicted molar refractivity (Wildman–Crippen MR) is 85.3 cm³/mol. The Morgan fingerprint density at radius 2 is 2.05 bits per heavy atom. The van der Waals surface area contributed by atoms with Gasteiger partial charge < -0.3 is 10.1 Å². The van der Waals surface area contributed by atoms with Crippen molar-refractivity contribution in [3.63, 3.8) is 0 Å². The third kappa shape index (κ3) is 4.38. The number of methoxy groups -OCH3 is 1. The van der Waals surface area contributed by atoms with Gasteiger partial charge in [-0.15, -0.1) is 0 Å². The second-order valence-corrected chi connectivity index (χ2v) is 7.57. The van der Waals surface area contributed by atoms with Crippen molar-refractivity contribution < 1.29 is 8.95 Å². The number of rotatable bonds is 5. The zero-order valence-electron chi connectivity index (χ0n) is 13.2. The molecule has 0 atom stereocenters. The molecule has 0 aromatic carbocycles. The molecule has 0 saturated carbocycles. The highest BCUT2D eigenvalue weighted by Gasteiger charge is 2.29. The molecule has 1 aliphatic heterocycles. The van der Waals surface area contributed by atoms with Crippen LogP contribution < -0.4 is 10.1 Å². The van der Waals surface area contributed by atoms with Gasteiger partial charge in [-0.05, 0) is 20.8 Å². The fraction of sp³-hybridized carbons (Fsp3) is 0.714. The van der Waals surface area contributed by atoms with Crippen LogP contribution in [0.5, 0.6) is 5.88 Å². The van der Waals surface area contributed by atoms with E-state index in [2.05, 4.69) is 34.0 Å². The smallest absolute Gasteiger partial charge is 0.226 e. The normalized spacial score (nSPS) is 17.7. The molecule has 1 N–H and O–H groups in total. The molecule has 0 radical (unpaired) electrons. The Hall–Kier alpha value is -1.21. The quantitative estimate of drug-likeness (QED) is 0.876. The first-order valence-corrected chi connectivity index (χ1v) is 8.63. The predicted octanol–water partition coefficient (Wildman–Crippen LogP) is 1.05. The van der Waals surface area contributed by atoms with Gasteiger partial charge in [-0.2, -0.15) is 4.98 Å². The number of aryl methyl sites for hydroxylation is 1. The van der Waals surface area contributed by atoms with E-state index in [1.165, 1.54) is 0 Å². The van der Waals surface area contributed by atoms with Crippen LogP contribution in [0.3, 0.4) is 0 Å². The first-order valence-electron chi connectivity index (χ1n) is 7.14. The number of hydrogen-bond acceptors (Lipinski definition) is 6. The monoisotopic (exact) mass is 312 g/mol. The van der Waals surface area contributed by atoms with Crippen molar-refractivity contribution in [2.45, 2.75) is 26.3 Å². The van der Waals surface area contributed by atoms with Crippen LogP contribution in [0.4, 0.5) is 5.95 Å². The maximum atomic E-state index is 11.5. The van der Waals surface area contributed by atoms with Crippen molar-refractivity contribution in [1.82, 2.24) is 14.9 Å². The Morgan fingerprint density at radius 3 is 2.67 bits per heavy atom. The lowest BCUT2D eigenvalue weighted by Crippen LogP contribution is -2.53. The average molecular weight is 312 g/mol. The summed E-state index contributed by atoms with van der Waals surface area (Å²) in [6.45, 7) is 8.76. The molecular weight excluding hydrogens is 288 g/mol. The molecule has 1 saturated heterocycles. The largest absolute Gasteiger partial charge is 0.481 e. The molecule has 2 heterocycles. The second-order valence-electron chi connectivity index (χ2n) is 5.88. The first-order chi connectivity index (χ1) is 9.90. The lowest BCUT2D eigenvalue weighted by atomic mass is 10.0. The van der Waals surface area contributed by atoms with Crippen LogP contribution in [0.1, 0.15) is 19.5 Å². The fourth-order valence-corrected chi connectivity index (χ4v) is 3.43. The molecule has 1 fully saturated rings. The van der Waals surface area contributed by atoms with Crippen LogP contribution in [-0.4, -0.2) is 62.9 Å². The van der Waals surface area contributed by atoms with Gasteiger partial charge in [0.1, 0.15) is 0 Å². The molecule has 21 heavy (non-hydrogen) atoms. The van der Waals surface area contributed by atoms with Crippen molar-refractivity contribution in [3.05, 3.63) is 11.8 Å². The van der Waals surface area contributed by atoms with Gasteiger partial charge in [0.25, 0.3) is 0 Å². The van der Waals surface area contributed by atoms with E-state index in [9.17, 15) is 4.21 Å². The summed E-state index contributed by atoms with van der Waals surface area (Å²) in [5, 5.41) is 3.29. The van der Waals surface area contributed by atoms with E-state index in [4.69, 9.17) is 4.74 Å². The van der Waals surface area contributed by atoms with Crippen molar-refractivity contribution in [2.75, 3.05) is 43.6 Å². The standard InChI is InChI=1S/C14H24N4O2S/c1-11-9-12(20-4)17-13(16-11)15-10-14(2,3)18-5-7-21(19)8-6-18/h9H,5-8,10H2,1-4H3,(H,15,16,17). The van der Waals surface area contributed by atoms with Crippen LogP contribution >= 0.6 is 0 Å². The fourth-order valence-electron chi connectivity index (χ4n) is 2.37. The Kier molecular flexibility index (Phi) is 5.16. The number of hydrogen-bond donors (Lipinski definition) is 1. The van der Waals surface area contributed by atoms with E-state index < -0.39 is 10.8 Å². The third-order valence-electron chi connectivity index (χ3n) is 3.75. The molecule has 0 amide bonds. The van der Waals surface area contributed by atoms with Gasteiger partial charge in [0.15, 0.2) is 0 Å². The number of anilines is 1. The lowest BCUT2D eigenvalue weighted by Gasteiger charge is -2.40. The third-order valence-corrected chi connectivity index (χ3v) is 5.03. The number of nitrogens with zero attached hydrogens (tertiary/aromatic N) is 3. The van der Waals surface area contributed by atoms with Crippen LogP contribution in [0.2, 0.25) is 0 Å². The van der Waals surface area contributed by atoms with Gasteiger partial charge in [-0.3, -0.25) is 9.11 Å². The number of ether oxygens (including phenoxy) is 1. The highest BCUT2D eigenvalue weighted by molar-refractivity contribution is 7.85. The molecule has 0 bridgehead atoms. The number of nitrogens with one attached hydrogen (secondary N) is 1. The highest BCUT2D eigenvalue weighted by Crippen LogP contribution is 2.18. The van der Waals surface area contributed by atoms with Crippen LogP contribution in [0, 0.1) is 6.92 Å². The molecule has 7 heteroatoms. The molecular formula is C14H24N4O2S. The van der Waals surface area contributed by atoms with Crippen LogP contribution in [-0.2, 0) is 10.8 Å². The zero-order chi connectivity index (χ0) is 15.5. The zero-order valence-corrected chi connectivity index (χ0v) is 14.0. The summed E-state index contributed by atoms with van der Waals surface area (Å²) in [5.41, 5.74) is 0.834. The maximum absolute atomic E-state index is 11.5. The van der Waals surface area contributed by atoms with Crippen LogP contribution in [0.25, 0.3) is 0 Å². The van der Waals surface area contributed by atoms with E-state index >= 15 is 0 Å². The van der Waals surface area contributed by atoms with E-state index in [1.54, 1.807) is 13.2 Å². The minimum absolute atomic E-state index is 0.0367. The summed E-state index contributed by atoms with van der Waals surface area (Å²) in [5.74, 6) is 2.67. The van der Waals surface area contributed by atoms with Gasteiger partial charge in [0.05, 0.1) is 7.11 Å². The van der Waals surface area contributed by atoms with E-state index in [0.29, 0.717) is 11.8 Å². The van der Waals surface area contributed by atoms with Crippen molar-refractivity contribution >= 4 is 16.7 Å². The molecule has 6 nitrogen and oxygen atoms in total. The average Bonchev–Trinajstić information content (AvgIpc) is 2.45. The SMILES string of the molecule is COc1cc(C)nc(NCC(C)(C)N2CCS(=O)CC2)n1. The Morgan fingerprint density at radius 1 is 1.38 bits per heavy atom. The van der Waals surface area contributed by atoms with Crippen molar-refractivity contribution in [2.24, 2.45) is 0 Å². The van der Waals surface area contributed by atoms with Gasteiger partial charge in [0, 0.05) is 59.2 Å². The van der Waals surface area contributed by atoms with E-state index in [1.807, 2.05) is 6.92 Å². The van der Waals surface area contributed by atoms with Gasteiger partial charge in [-0.25, -0.2) is 4.98 Å². The van der Waals surface area contributed by atoms with Crippen LogP contribution in [0.15, 0.2) is 6.07 Å². The topological polar surface area (TPSA) is 67.3 Å².